The summed E-state index contributed by atoms with van der Waals surface area (Å²) in [6, 6.07) is -0.474. The molecule has 0 saturated carbocycles. The molecule has 1 aliphatic heterocycles. The smallest absolute Gasteiger partial charge is 0.323 e. The number of piperidine rings is 1. The SMILES string of the molecule is CC(C)N(CC(=O)O)C(=O)N1CCC(C(N)=O)CC1. The van der Waals surface area contributed by atoms with Crippen LogP contribution < -0.4 is 5.73 Å². The van der Waals surface area contributed by atoms with Crippen molar-refractivity contribution in [3.63, 3.8) is 0 Å². The van der Waals surface area contributed by atoms with Gasteiger partial charge in [-0.3, -0.25) is 9.59 Å². The van der Waals surface area contributed by atoms with E-state index >= 15 is 0 Å². The van der Waals surface area contributed by atoms with E-state index in [1.54, 1.807) is 18.7 Å². The van der Waals surface area contributed by atoms with Gasteiger partial charge in [0.05, 0.1) is 0 Å². The Labute approximate surface area is 112 Å². The normalized spacial score (nSPS) is 16.5. The minimum atomic E-state index is -1.03. The molecule has 1 heterocycles. The quantitative estimate of drug-likeness (QED) is 0.756. The molecular weight excluding hydrogens is 250 g/mol. The Morgan fingerprint density at radius 1 is 1.32 bits per heavy atom. The van der Waals surface area contributed by atoms with E-state index in [0.29, 0.717) is 25.9 Å². The van der Waals surface area contributed by atoms with Crippen LogP contribution in [0.25, 0.3) is 0 Å². The van der Waals surface area contributed by atoms with Crippen molar-refractivity contribution < 1.29 is 19.5 Å². The first-order chi connectivity index (χ1) is 8.82. The molecule has 3 amide bonds. The van der Waals surface area contributed by atoms with Crippen molar-refractivity contribution >= 4 is 17.9 Å². The van der Waals surface area contributed by atoms with Crippen LogP contribution in [0, 0.1) is 5.92 Å². The number of carboxylic acid groups (broad SMARTS) is 1. The molecule has 0 unspecified atom stereocenters. The number of aliphatic carboxylic acids is 1. The lowest BCUT2D eigenvalue weighted by molar-refractivity contribution is -0.138. The van der Waals surface area contributed by atoms with Crippen LogP contribution in [-0.2, 0) is 9.59 Å². The average Bonchev–Trinajstić information content (AvgIpc) is 2.34. The third-order valence-corrected chi connectivity index (χ3v) is 3.34. The molecular formula is C12H21N3O4. The minimum Gasteiger partial charge on any atom is -0.480 e. The van der Waals surface area contributed by atoms with E-state index < -0.39 is 5.97 Å². The highest BCUT2D eigenvalue weighted by Gasteiger charge is 2.30. The highest BCUT2D eigenvalue weighted by molar-refractivity contribution is 5.81. The molecule has 0 spiro atoms. The van der Waals surface area contributed by atoms with E-state index in [1.165, 1.54) is 4.90 Å². The monoisotopic (exact) mass is 271 g/mol. The highest BCUT2D eigenvalue weighted by Crippen LogP contribution is 2.18. The van der Waals surface area contributed by atoms with E-state index in [0.717, 1.165) is 0 Å². The van der Waals surface area contributed by atoms with Crippen molar-refractivity contribution in [2.24, 2.45) is 11.7 Å². The van der Waals surface area contributed by atoms with E-state index in [9.17, 15) is 14.4 Å². The summed E-state index contributed by atoms with van der Waals surface area (Å²) in [5.41, 5.74) is 5.23. The minimum absolute atomic E-state index is 0.183. The van der Waals surface area contributed by atoms with Gasteiger partial charge in [-0.15, -0.1) is 0 Å². The van der Waals surface area contributed by atoms with Crippen LogP contribution in [0.3, 0.4) is 0 Å². The fourth-order valence-electron chi connectivity index (χ4n) is 2.15. The molecule has 1 fully saturated rings. The Balaban J connectivity index is 2.61. The van der Waals surface area contributed by atoms with E-state index in [1.807, 2.05) is 0 Å². The molecule has 0 aliphatic carbocycles. The molecule has 0 radical (unpaired) electrons. The first-order valence-corrected chi connectivity index (χ1v) is 6.39. The Morgan fingerprint density at radius 3 is 2.21 bits per heavy atom. The van der Waals surface area contributed by atoms with Gasteiger partial charge in [0.2, 0.25) is 5.91 Å². The zero-order chi connectivity index (χ0) is 14.6. The van der Waals surface area contributed by atoms with Gasteiger partial charge in [-0.25, -0.2) is 4.79 Å². The molecule has 0 aromatic rings. The van der Waals surface area contributed by atoms with Crippen molar-refractivity contribution in [2.75, 3.05) is 19.6 Å². The molecule has 0 aromatic carbocycles. The lowest BCUT2D eigenvalue weighted by atomic mass is 9.96. The van der Waals surface area contributed by atoms with Crippen molar-refractivity contribution in [1.29, 1.82) is 0 Å². The zero-order valence-electron chi connectivity index (χ0n) is 11.3. The molecule has 0 atom stereocenters. The number of likely N-dealkylation sites (tertiary alicyclic amines) is 1. The molecule has 1 rings (SSSR count). The first kappa shape index (κ1) is 15.3. The van der Waals surface area contributed by atoms with Crippen molar-refractivity contribution in [3.8, 4) is 0 Å². The van der Waals surface area contributed by atoms with E-state index in [-0.39, 0.29) is 30.4 Å². The summed E-state index contributed by atoms with van der Waals surface area (Å²) in [6.07, 6.45) is 1.08. The molecule has 1 aliphatic rings. The fraction of sp³-hybridized carbons (Fsp3) is 0.750. The number of hydrogen-bond donors (Lipinski definition) is 2. The van der Waals surface area contributed by atoms with Gasteiger partial charge in [-0.1, -0.05) is 0 Å². The second-order valence-corrected chi connectivity index (χ2v) is 5.06. The number of carbonyl (C=O) groups excluding carboxylic acids is 2. The number of carbonyl (C=O) groups is 3. The number of urea groups is 1. The maximum absolute atomic E-state index is 12.2. The number of amides is 3. The van der Waals surface area contributed by atoms with Gasteiger partial charge < -0.3 is 20.6 Å². The topological polar surface area (TPSA) is 104 Å². The van der Waals surface area contributed by atoms with Crippen LogP contribution in [0.15, 0.2) is 0 Å². The van der Waals surface area contributed by atoms with Crippen LogP contribution in [0.2, 0.25) is 0 Å². The number of hydrogen-bond acceptors (Lipinski definition) is 3. The molecule has 3 N–H and O–H groups in total. The van der Waals surface area contributed by atoms with Crippen molar-refractivity contribution in [3.05, 3.63) is 0 Å². The maximum Gasteiger partial charge on any atom is 0.323 e. The molecule has 0 aromatic heterocycles. The summed E-state index contributed by atoms with van der Waals surface area (Å²) >= 11 is 0. The van der Waals surface area contributed by atoms with Gasteiger partial charge in [0, 0.05) is 25.0 Å². The van der Waals surface area contributed by atoms with Crippen LogP contribution in [-0.4, -0.2) is 58.5 Å². The van der Waals surface area contributed by atoms with Crippen molar-refractivity contribution in [1.82, 2.24) is 9.80 Å². The predicted octanol–water partition coefficient (Wildman–Crippen LogP) is 0.0987. The highest BCUT2D eigenvalue weighted by atomic mass is 16.4. The summed E-state index contributed by atoms with van der Waals surface area (Å²) in [6.45, 7) is 4.12. The van der Waals surface area contributed by atoms with Crippen LogP contribution in [0.5, 0.6) is 0 Å². The maximum atomic E-state index is 12.2. The number of nitrogens with two attached hydrogens (primary N) is 1. The number of rotatable bonds is 4. The molecule has 7 nitrogen and oxygen atoms in total. The second kappa shape index (κ2) is 6.40. The van der Waals surface area contributed by atoms with E-state index in [2.05, 4.69) is 0 Å². The molecule has 1 saturated heterocycles. The Morgan fingerprint density at radius 2 is 1.84 bits per heavy atom. The Kier molecular flexibility index (Phi) is 5.14. The third-order valence-electron chi connectivity index (χ3n) is 3.34. The molecule has 19 heavy (non-hydrogen) atoms. The van der Waals surface area contributed by atoms with Crippen molar-refractivity contribution in [2.45, 2.75) is 32.7 Å². The van der Waals surface area contributed by atoms with Gasteiger partial charge in [0.15, 0.2) is 0 Å². The molecule has 108 valence electrons. The van der Waals surface area contributed by atoms with Gasteiger partial charge in [-0.05, 0) is 26.7 Å². The summed E-state index contributed by atoms with van der Waals surface area (Å²) in [4.78, 5) is 36.9. The molecule has 0 bridgehead atoms. The predicted molar refractivity (Wildman–Crippen MR) is 68.4 cm³/mol. The van der Waals surface area contributed by atoms with Gasteiger partial charge >= 0.3 is 12.0 Å². The lowest BCUT2D eigenvalue weighted by Gasteiger charge is -2.36. The van der Waals surface area contributed by atoms with E-state index in [4.69, 9.17) is 10.8 Å². The standard InChI is InChI=1S/C12H21N3O4/c1-8(2)15(7-10(16)17)12(19)14-5-3-9(4-6-14)11(13)18/h8-9H,3-7H2,1-2H3,(H2,13,18)(H,16,17). The Bertz CT molecular complexity index is 362. The second-order valence-electron chi connectivity index (χ2n) is 5.06. The van der Waals surface area contributed by atoms with Gasteiger partial charge in [0.1, 0.15) is 6.54 Å². The fourth-order valence-corrected chi connectivity index (χ4v) is 2.15. The first-order valence-electron chi connectivity index (χ1n) is 6.39. The summed E-state index contributed by atoms with van der Waals surface area (Å²) in [7, 11) is 0. The zero-order valence-corrected chi connectivity index (χ0v) is 11.3. The summed E-state index contributed by atoms with van der Waals surface area (Å²) in [5.74, 6) is -1.55. The summed E-state index contributed by atoms with van der Waals surface area (Å²) < 4.78 is 0. The van der Waals surface area contributed by atoms with Gasteiger partial charge in [-0.2, -0.15) is 0 Å². The average molecular weight is 271 g/mol. The molecule has 7 heteroatoms. The largest absolute Gasteiger partial charge is 0.480 e. The Hall–Kier alpha value is -1.79. The number of nitrogens with zero attached hydrogens (tertiary/aromatic N) is 2. The number of carboxylic acids is 1. The van der Waals surface area contributed by atoms with Gasteiger partial charge in [0.25, 0.3) is 0 Å². The summed E-state index contributed by atoms with van der Waals surface area (Å²) in [5, 5.41) is 8.82. The lowest BCUT2D eigenvalue weighted by Crippen LogP contribution is -2.51. The van der Waals surface area contributed by atoms with Crippen LogP contribution in [0.1, 0.15) is 26.7 Å². The number of primary amides is 1. The third kappa shape index (κ3) is 4.11. The van der Waals surface area contributed by atoms with Crippen LogP contribution >= 0.6 is 0 Å². The van der Waals surface area contributed by atoms with Crippen LogP contribution in [0.4, 0.5) is 4.79 Å².